The molecule has 0 saturated carbocycles. The van der Waals surface area contributed by atoms with Crippen LogP contribution in [0, 0.1) is 0 Å². The van der Waals surface area contributed by atoms with Crippen molar-refractivity contribution in [2.75, 3.05) is 13.6 Å². The van der Waals surface area contributed by atoms with Gasteiger partial charge in [0.1, 0.15) is 0 Å². The quantitative estimate of drug-likeness (QED) is 0.752. The average Bonchev–Trinajstić information content (AvgIpc) is 2.76. The maximum atomic E-state index is 10.5. The molecule has 0 radical (unpaired) electrons. The molecule has 2 aromatic carbocycles. The normalized spacial score (nSPS) is 15.7. The van der Waals surface area contributed by atoms with Gasteiger partial charge in [-0.2, -0.15) is 0 Å². The average molecular weight is 253 g/mol. The van der Waals surface area contributed by atoms with Gasteiger partial charge in [0.15, 0.2) is 0 Å². The molecule has 0 aliphatic heterocycles. The van der Waals surface area contributed by atoms with Crippen molar-refractivity contribution in [3.63, 3.8) is 0 Å². The Kier molecular flexibility index (Phi) is 2.92. The van der Waals surface area contributed by atoms with E-state index in [2.05, 4.69) is 41.7 Å². The third-order valence-electron chi connectivity index (χ3n) is 3.94. The Hall–Kier alpha value is -1.64. The first-order valence-electron chi connectivity index (χ1n) is 6.70. The number of benzene rings is 2. The summed E-state index contributed by atoms with van der Waals surface area (Å²) in [5.74, 6) is 0. The summed E-state index contributed by atoms with van der Waals surface area (Å²) in [6, 6.07) is 14.8. The summed E-state index contributed by atoms with van der Waals surface area (Å²) in [6.07, 6.45) is 0.967. The lowest BCUT2D eigenvalue weighted by molar-refractivity contribution is 0.0591. The Balaban J connectivity index is 2.02. The predicted molar refractivity (Wildman–Crippen MR) is 78.2 cm³/mol. The second-order valence-electron chi connectivity index (χ2n) is 5.51. The standard InChI is InChI=1S/C17H19NO/c1-17(19,11-18-2)14-7-8-16-13(10-14)9-12-5-3-4-6-15(12)16/h3-8,10,18-19H,9,11H2,1-2H3. The summed E-state index contributed by atoms with van der Waals surface area (Å²) in [5, 5.41) is 13.5. The van der Waals surface area contributed by atoms with Gasteiger partial charge in [-0.05, 0) is 48.2 Å². The zero-order valence-corrected chi connectivity index (χ0v) is 11.4. The Labute approximate surface area is 114 Å². The molecule has 0 saturated heterocycles. The number of likely N-dealkylation sites (N-methyl/N-ethyl adjacent to an activating group) is 1. The smallest absolute Gasteiger partial charge is 0.0992 e. The van der Waals surface area contributed by atoms with Crippen LogP contribution in [0.25, 0.3) is 11.1 Å². The monoisotopic (exact) mass is 253 g/mol. The molecule has 0 fully saturated rings. The van der Waals surface area contributed by atoms with Crippen molar-refractivity contribution in [2.24, 2.45) is 0 Å². The molecule has 0 spiro atoms. The number of fused-ring (bicyclic) bond motifs is 3. The van der Waals surface area contributed by atoms with Gasteiger partial charge in [0.25, 0.3) is 0 Å². The van der Waals surface area contributed by atoms with Gasteiger partial charge >= 0.3 is 0 Å². The van der Waals surface area contributed by atoms with Crippen LogP contribution in [0.1, 0.15) is 23.6 Å². The zero-order chi connectivity index (χ0) is 13.5. The highest BCUT2D eigenvalue weighted by molar-refractivity contribution is 5.77. The van der Waals surface area contributed by atoms with Gasteiger partial charge < -0.3 is 10.4 Å². The van der Waals surface area contributed by atoms with Crippen LogP contribution in [-0.4, -0.2) is 18.7 Å². The van der Waals surface area contributed by atoms with E-state index in [1.807, 2.05) is 20.0 Å². The molecule has 0 aromatic heterocycles. The Morgan fingerprint density at radius 2 is 1.84 bits per heavy atom. The van der Waals surface area contributed by atoms with Crippen molar-refractivity contribution in [1.29, 1.82) is 0 Å². The SMILES string of the molecule is CNCC(C)(O)c1ccc2c(c1)Cc1ccccc1-2. The van der Waals surface area contributed by atoms with E-state index in [9.17, 15) is 5.11 Å². The van der Waals surface area contributed by atoms with E-state index in [-0.39, 0.29) is 0 Å². The van der Waals surface area contributed by atoms with Crippen LogP contribution in [0.15, 0.2) is 42.5 Å². The van der Waals surface area contributed by atoms with E-state index in [1.54, 1.807) is 0 Å². The molecule has 1 aliphatic rings. The zero-order valence-electron chi connectivity index (χ0n) is 11.4. The second-order valence-corrected chi connectivity index (χ2v) is 5.51. The van der Waals surface area contributed by atoms with E-state index >= 15 is 0 Å². The van der Waals surface area contributed by atoms with Crippen molar-refractivity contribution >= 4 is 0 Å². The molecule has 3 rings (SSSR count). The maximum Gasteiger partial charge on any atom is 0.0992 e. The van der Waals surface area contributed by atoms with Crippen molar-refractivity contribution in [3.8, 4) is 11.1 Å². The molecule has 0 bridgehead atoms. The number of rotatable bonds is 3. The highest BCUT2D eigenvalue weighted by Crippen LogP contribution is 2.38. The topological polar surface area (TPSA) is 32.3 Å². The van der Waals surface area contributed by atoms with Gasteiger partial charge in [-0.3, -0.25) is 0 Å². The molecule has 19 heavy (non-hydrogen) atoms. The first-order chi connectivity index (χ1) is 9.12. The van der Waals surface area contributed by atoms with E-state index in [4.69, 9.17) is 0 Å². The molecular weight excluding hydrogens is 234 g/mol. The Morgan fingerprint density at radius 1 is 1.11 bits per heavy atom. The predicted octanol–water partition coefficient (Wildman–Crippen LogP) is 2.68. The molecule has 0 amide bonds. The van der Waals surface area contributed by atoms with Crippen LogP contribution in [-0.2, 0) is 12.0 Å². The Morgan fingerprint density at radius 3 is 2.63 bits per heavy atom. The van der Waals surface area contributed by atoms with Crippen LogP contribution >= 0.6 is 0 Å². The van der Waals surface area contributed by atoms with Crippen LogP contribution in [0.2, 0.25) is 0 Å². The third kappa shape index (κ3) is 2.07. The molecular formula is C17H19NO. The van der Waals surface area contributed by atoms with Crippen molar-refractivity contribution in [3.05, 3.63) is 59.2 Å². The number of hydrogen-bond donors (Lipinski definition) is 2. The van der Waals surface area contributed by atoms with Crippen molar-refractivity contribution < 1.29 is 5.11 Å². The summed E-state index contributed by atoms with van der Waals surface area (Å²) in [6.45, 7) is 2.41. The molecule has 0 heterocycles. The summed E-state index contributed by atoms with van der Waals surface area (Å²) in [5.41, 5.74) is 5.49. The van der Waals surface area contributed by atoms with Crippen LogP contribution in [0.4, 0.5) is 0 Å². The number of aliphatic hydroxyl groups is 1. The maximum absolute atomic E-state index is 10.5. The first kappa shape index (κ1) is 12.4. The second kappa shape index (κ2) is 4.48. The van der Waals surface area contributed by atoms with Gasteiger partial charge in [-0.25, -0.2) is 0 Å². The highest BCUT2D eigenvalue weighted by atomic mass is 16.3. The lowest BCUT2D eigenvalue weighted by atomic mass is 9.92. The van der Waals surface area contributed by atoms with Crippen LogP contribution in [0.5, 0.6) is 0 Å². The summed E-state index contributed by atoms with van der Waals surface area (Å²) in [4.78, 5) is 0. The van der Waals surface area contributed by atoms with E-state index < -0.39 is 5.60 Å². The fourth-order valence-corrected chi connectivity index (χ4v) is 2.93. The molecule has 2 nitrogen and oxygen atoms in total. The first-order valence-corrected chi connectivity index (χ1v) is 6.70. The van der Waals surface area contributed by atoms with Crippen molar-refractivity contribution in [2.45, 2.75) is 18.9 Å². The molecule has 1 aliphatic carbocycles. The van der Waals surface area contributed by atoms with Gasteiger partial charge in [0.05, 0.1) is 5.60 Å². The fourth-order valence-electron chi connectivity index (χ4n) is 2.93. The van der Waals surface area contributed by atoms with E-state index in [1.165, 1.54) is 22.3 Å². The van der Waals surface area contributed by atoms with Crippen LogP contribution < -0.4 is 5.32 Å². The minimum Gasteiger partial charge on any atom is -0.384 e. The molecule has 2 heteroatoms. The molecule has 2 aromatic rings. The minimum atomic E-state index is -0.821. The number of hydrogen-bond acceptors (Lipinski definition) is 2. The summed E-state index contributed by atoms with van der Waals surface area (Å²) < 4.78 is 0. The largest absolute Gasteiger partial charge is 0.384 e. The third-order valence-corrected chi connectivity index (χ3v) is 3.94. The van der Waals surface area contributed by atoms with Gasteiger partial charge in [0, 0.05) is 6.54 Å². The molecule has 2 N–H and O–H groups in total. The fraction of sp³-hybridized carbons (Fsp3) is 0.294. The van der Waals surface area contributed by atoms with Gasteiger partial charge in [-0.15, -0.1) is 0 Å². The van der Waals surface area contributed by atoms with E-state index in [0.717, 1.165) is 12.0 Å². The number of nitrogens with one attached hydrogen (secondary N) is 1. The molecule has 1 atom stereocenters. The van der Waals surface area contributed by atoms with Gasteiger partial charge in [0.2, 0.25) is 0 Å². The Bertz CT molecular complexity index is 616. The lowest BCUT2D eigenvalue weighted by Crippen LogP contribution is -2.33. The summed E-state index contributed by atoms with van der Waals surface area (Å²) in [7, 11) is 1.86. The molecule has 98 valence electrons. The minimum absolute atomic E-state index is 0.554. The lowest BCUT2D eigenvalue weighted by Gasteiger charge is -2.24. The van der Waals surface area contributed by atoms with Crippen LogP contribution in [0.3, 0.4) is 0 Å². The summed E-state index contributed by atoms with van der Waals surface area (Å²) >= 11 is 0. The van der Waals surface area contributed by atoms with Gasteiger partial charge in [-0.1, -0.05) is 42.5 Å². The molecule has 1 unspecified atom stereocenters. The highest BCUT2D eigenvalue weighted by Gasteiger charge is 2.25. The van der Waals surface area contributed by atoms with E-state index in [0.29, 0.717) is 6.54 Å². The van der Waals surface area contributed by atoms with Crippen molar-refractivity contribution in [1.82, 2.24) is 5.32 Å².